The maximum atomic E-state index is 13.0. The number of hydrogen-bond donors (Lipinski definition) is 3. The normalized spacial score (nSPS) is 14.4. The molecule has 0 fully saturated rings. The van der Waals surface area contributed by atoms with Crippen LogP contribution in [-0.2, 0) is 65.4 Å². The standard InChI is InChI=1S/C67H130O17P2/c1-57(2)43-35-27-19-12-9-10-14-23-31-39-47-64(69)77-54-63(84-67(72)50-42-34-26-18-22-30-38-46-60(7)8)56-82-86(75,76)80-52-61(68)51-79-85(73,74)81-55-62(53-78-65(70)48-40-32-24-17-16-21-29-37-45-59(5)6)83-66(71)49-41-33-25-15-11-13-20-28-36-44-58(3)4/h57-63,68H,9-56H2,1-8H3,(H,73,74)(H,75,76)/t61?,62-,63-/m1/s1. The summed E-state index contributed by atoms with van der Waals surface area (Å²) in [7, 11) is -9.90. The molecule has 0 aromatic carbocycles. The number of ether oxygens (including phenoxy) is 4. The van der Waals surface area contributed by atoms with Gasteiger partial charge in [-0.1, -0.05) is 274 Å². The predicted octanol–water partition coefficient (Wildman–Crippen LogP) is 18.5. The zero-order chi connectivity index (χ0) is 63.9. The van der Waals surface area contributed by atoms with E-state index < -0.39 is 97.5 Å². The van der Waals surface area contributed by atoms with Gasteiger partial charge < -0.3 is 33.8 Å². The molecule has 17 nitrogen and oxygen atoms in total. The van der Waals surface area contributed by atoms with Crippen molar-refractivity contribution < 1.29 is 80.2 Å². The van der Waals surface area contributed by atoms with E-state index in [4.69, 9.17) is 37.0 Å². The highest BCUT2D eigenvalue weighted by Gasteiger charge is 2.30. The van der Waals surface area contributed by atoms with Crippen LogP contribution in [0, 0.1) is 23.7 Å². The van der Waals surface area contributed by atoms with Crippen LogP contribution >= 0.6 is 15.6 Å². The van der Waals surface area contributed by atoms with Crippen LogP contribution in [0.3, 0.4) is 0 Å². The van der Waals surface area contributed by atoms with Gasteiger partial charge in [0.05, 0.1) is 26.4 Å². The van der Waals surface area contributed by atoms with Gasteiger partial charge in [0.25, 0.3) is 0 Å². The van der Waals surface area contributed by atoms with Crippen molar-refractivity contribution in [3.63, 3.8) is 0 Å². The van der Waals surface area contributed by atoms with Crippen LogP contribution < -0.4 is 0 Å². The molecule has 0 saturated heterocycles. The zero-order valence-corrected chi connectivity index (χ0v) is 57.7. The molecule has 0 rings (SSSR count). The highest BCUT2D eigenvalue weighted by Crippen LogP contribution is 2.45. The Balaban J connectivity index is 5.25. The lowest BCUT2D eigenvalue weighted by Crippen LogP contribution is -2.30. The first kappa shape index (κ1) is 84.1. The average Bonchev–Trinajstić information content (AvgIpc) is 3.66. The molecule has 0 radical (unpaired) electrons. The molecule has 3 unspecified atom stereocenters. The molecule has 19 heteroatoms. The quantitative estimate of drug-likeness (QED) is 0.0222. The number of carbonyl (C=O) groups is 4. The molecule has 510 valence electrons. The van der Waals surface area contributed by atoms with Crippen LogP contribution in [0.15, 0.2) is 0 Å². The summed E-state index contributed by atoms with van der Waals surface area (Å²) < 4.78 is 68.1. The number of rotatable bonds is 64. The maximum Gasteiger partial charge on any atom is 0.472 e. The third kappa shape index (κ3) is 60.9. The first-order chi connectivity index (χ1) is 41.1. The van der Waals surface area contributed by atoms with Crippen molar-refractivity contribution in [1.29, 1.82) is 0 Å². The van der Waals surface area contributed by atoms with Crippen molar-refractivity contribution in [3.05, 3.63) is 0 Å². The molecule has 0 aromatic rings. The summed E-state index contributed by atoms with van der Waals surface area (Å²) in [5, 5.41) is 10.6. The van der Waals surface area contributed by atoms with Crippen molar-refractivity contribution in [2.24, 2.45) is 23.7 Å². The third-order valence-corrected chi connectivity index (χ3v) is 17.2. The Morgan fingerprint density at radius 2 is 0.488 bits per heavy atom. The number of phosphoric ester groups is 2. The second-order valence-electron chi connectivity index (χ2n) is 26.1. The number of carbonyl (C=O) groups excluding carboxylic acids is 4. The number of esters is 4. The van der Waals surface area contributed by atoms with E-state index in [1.807, 2.05) is 0 Å². The summed E-state index contributed by atoms with van der Waals surface area (Å²) in [6, 6.07) is 0. The van der Waals surface area contributed by atoms with E-state index in [1.165, 1.54) is 128 Å². The van der Waals surface area contributed by atoms with Crippen LogP contribution in [0.4, 0.5) is 0 Å². The lowest BCUT2D eigenvalue weighted by Gasteiger charge is -2.21. The van der Waals surface area contributed by atoms with Crippen LogP contribution in [0.5, 0.6) is 0 Å². The van der Waals surface area contributed by atoms with Gasteiger partial charge in [0.2, 0.25) is 0 Å². The van der Waals surface area contributed by atoms with Gasteiger partial charge in [-0.3, -0.25) is 37.3 Å². The number of aliphatic hydroxyl groups excluding tert-OH is 1. The third-order valence-electron chi connectivity index (χ3n) is 15.3. The molecular formula is C67H130O17P2. The van der Waals surface area contributed by atoms with Crippen molar-refractivity contribution >= 4 is 39.5 Å². The first-order valence-electron chi connectivity index (χ1n) is 34.7. The molecule has 0 aliphatic carbocycles. The Hall–Kier alpha value is -1.94. The van der Waals surface area contributed by atoms with E-state index in [1.54, 1.807) is 0 Å². The van der Waals surface area contributed by atoms with Gasteiger partial charge in [-0.25, -0.2) is 9.13 Å². The highest BCUT2D eigenvalue weighted by molar-refractivity contribution is 7.47. The maximum absolute atomic E-state index is 13.0. The lowest BCUT2D eigenvalue weighted by atomic mass is 10.0. The SMILES string of the molecule is CC(C)CCCCCCCCCCCCC(=O)OC[C@H](COP(=O)(O)OCC(O)COP(=O)(O)OC[C@@H](COC(=O)CCCCCCCCCCC(C)C)OC(=O)CCCCCCCCCCCC(C)C)OC(=O)CCCCCCCCCC(C)C. The summed E-state index contributed by atoms with van der Waals surface area (Å²) in [5.41, 5.74) is 0. The van der Waals surface area contributed by atoms with Crippen LogP contribution in [0.25, 0.3) is 0 Å². The second-order valence-corrected chi connectivity index (χ2v) is 29.0. The van der Waals surface area contributed by atoms with Gasteiger partial charge in [0, 0.05) is 25.7 Å². The highest BCUT2D eigenvalue weighted by atomic mass is 31.2. The minimum atomic E-state index is -4.95. The summed E-state index contributed by atoms with van der Waals surface area (Å²) in [5.74, 6) is 0.781. The predicted molar refractivity (Wildman–Crippen MR) is 344 cm³/mol. The summed E-state index contributed by atoms with van der Waals surface area (Å²) in [6.45, 7) is 14.0. The smallest absolute Gasteiger partial charge is 0.462 e. The van der Waals surface area contributed by atoms with Crippen LogP contribution in [0.1, 0.15) is 325 Å². The first-order valence-corrected chi connectivity index (χ1v) is 37.7. The minimum Gasteiger partial charge on any atom is -0.462 e. The van der Waals surface area contributed by atoms with Gasteiger partial charge in [-0.2, -0.15) is 0 Å². The van der Waals surface area contributed by atoms with E-state index >= 15 is 0 Å². The Morgan fingerprint density at radius 3 is 0.721 bits per heavy atom. The van der Waals surface area contributed by atoms with E-state index in [-0.39, 0.29) is 25.7 Å². The summed E-state index contributed by atoms with van der Waals surface area (Å²) >= 11 is 0. The van der Waals surface area contributed by atoms with Gasteiger partial charge >= 0.3 is 39.5 Å². The molecule has 5 atom stereocenters. The van der Waals surface area contributed by atoms with Gasteiger partial charge in [-0.15, -0.1) is 0 Å². The van der Waals surface area contributed by atoms with Crippen molar-refractivity contribution in [1.82, 2.24) is 0 Å². The van der Waals surface area contributed by atoms with Crippen molar-refractivity contribution in [2.75, 3.05) is 39.6 Å². The second kappa shape index (κ2) is 57.0. The molecular weight excluding hydrogens is 1140 g/mol. The molecule has 0 aliphatic heterocycles. The van der Waals surface area contributed by atoms with E-state index in [2.05, 4.69) is 55.4 Å². The monoisotopic (exact) mass is 1270 g/mol. The Labute approximate surface area is 524 Å². The fourth-order valence-electron chi connectivity index (χ4n) is 9.96. The molecule has 0 heterocycles. The fourth-order valence-corrected chi connectivity index (χ4v) is 11.5. The van der Waals surface area contributed by atoms with Crippen molar-refractivity contribution in [2.45, 2.75) is 343 Å². The summed E-state index contributed by atoms with van der Waals surface area (Å²) in [6.07, 6.45) is 37.7. The van der Waals surface area contributed by atoms with E-state index in [0.29, 0.717) is 31.6 Å². The van der Waals surface area contributed by atoms with Gasteiger partial charge in [0.15, 0.2) is 12.2 Å². The lowest BCUT2D eigenvalue weighted by molar-refractivity contribution is -0.161. The van der Waals surface area contributed by atoms with Crippen molar-refractivity contribution in [3.8, 4) is 0 Å². The van der Waals surface area contributed by atoms with E-state index in [0.717, 1.165) is 108 Å². The zero-order valence-electron chi connectivity index (χ0n) is 55.9. The fraction of sp³-hybridized carbons (Fsp3) is 0.940. The summed E-state index contributed by atoms with van der Waals surface area (Å²) in [4.78, 5) is 72.4. The minimum absolute atomic E-state index is 0.103. The molecule has 0 aromatic heterocycles. The molecule has 0 aliphatic rings. The topological polar surface area (TPSA) is 237 Å². The Bertz CT molecular complexity index is 1710. The van der Waals surface area contributed by atoms with Crippen LogP contribution in [-0.4, -0.2) is 96.7 Å². The van der Waals surface area contributed by atoms with E-state index in [9.17, 15) is 43.2 Å². The molecule has 0 spiro atoms. The average molecular weight is 1270 g/mol. The van der Waals surface area contributed by atoms with Crippen LogP contribution in [0.2, 0.25) is 0 Å². The number of hydrogen-bond acceptors (Lipinski definition) is 15. The number of aliphatic hydroxyl groups is 1. The van der Waals surface area contributed by atoms with Gasteiger partial charge in [-0.05, 0) is 49.4 Å². The molecule has 86 heavy (non-hydrogen) atoms. The molecule has 3 N–H and O–H groups in total. The largest absolute Gasteiger partial charge is 0.472 e. The molecule has 0 bridgehead atoms. The molecule has 0 amide bonds. The molecule has 0 saturated carbocycles. The van der Waals surface area contributed by atoms with Gasteiger partial charge in [0.1, 0.15) is 19.3 Å². The Kier molecular flexibility index (Phi) is 55.7. The number of phosphoric acid groups is 2. The number of unbranched alkanes of at least 4 members (excludes halogenated alkanes) is 30. The Morgan fingerprint density at radius 1 is 0.291 bits per heavy atom.